The zero-order valence-electron chi connectivity index (χ0n) is 11.9. The van der Waals surface area contributed by atoms with E-state index >= 15 is 0 Å². The molecule has 6 heteroatoms. The van der Waals surface area contributed by atoms with Crippen molar-refractivity contribution >= 4 is 28.7 Å². The third kappa shape index (κ3) is 2.75. The molecule has 1 aliphatic carbocycles. The molecule has 0 bridgehead atoms. The molecule has 5 nitrogen and oxygen atoms in total. The van der Waals surface area contributed by atoms with Crippen molar-refractivity contribution < 1.29 is 0 Å². The van der Waals surface area contributed by atoms with E-state index in [2.05, 4.69) is 26.4 Å². The molecule has 0 spiro atoms. The van der Waals surface area contributed by atoms with E-state index in [4.69, 9.17) is 5.73 Å². The average molecular weight is 291 g/mol. The third-order valence-corrected chi connectivity index (χ3v) is 4.81. The SMILES string of the molecule is CCCCSc1nc(N)c2ncn(CC3CCC3)c2n1. The highest BCUT2D eigenvalue weighted by Gasteiger charge is 2.20. The molecule has 0 atom stereocenters. The van der Waals surface area contributed by atoms with Crippen LogP contribution in [0.4, 0.5) is 5.82 Å². The van der Waals surface area contributed by atoms with Crippen molar-refractivity contribution in [1.82, 2.24) is 19.5 Å². The lowest BCUT2D eigenvalue weighted by atomic mass is 9.85. The molecule has 0 saturated heterocycles. The molecule has 2 heterocycles. The van der Waals surface area contributed by atoms with E-state index in [1.54, 1.807) is 11.8 Å². The molecule has 2 aromatic heterocycles. The zero-order valence-corrected chi connectivity index (χ0v) is 12.7. The summed E-state index contributed by atoms with van der Waals surface area (Å²) in [6.45, 7) is 3.19. The minimum atomic E-state index is 0.501. The zero-order chi connectivity index (χ0) is 13.9. The molecule has 1 fully saturated rings. The first-order valence-electron chi connectivity index (χ1n) is 7.39. The van der Waals surface area contributed by atoms with Gasteiger partial charge in [0.2, 0.25) is 0 Å². The Hall–Kier alpha value is -1.30. The van der Waals surface area contributed by atoms with Gasteiger partial charge >= 0.3 is 0 Å². The van der Waals surface area contributed by atoms with Crippen LogP contribution in [0.5, 0.6) is 0 Å². The minimum Gasteiger partial charge on any atom is -0.382 e. The van der Waals surface area contributed by atoms with Gasteiger partial charge in [-0.2, -0.15) is 0 Å². The lowest BCUT2D eigenvalue weighted by molar-refractivity contribution is 0.279. The van der Waals surface area contributed by atoms with Crippen LogP contribution < -0.4 is 5.73 Å². The Balaban J connectivity index is 1.84. The largest absolute Gasteiger partial charge is 0.382 e. The highest BCUT2D eigenvalue weighted by atomic mass is 32.2. The molecular weight excluding hydrogens is 270 g/mol. The van der Waals surface area contributed by atoms with Crippen molar-refractivity contribution in [2.45, 2.75) is 50.7 Å². The second-order valence-electron chi connectivity index (χ2n) is 5.46. The van der Waals surface area contributed by atoms with E-state index in [0.29, 0.717) is 5.82 Å². The second kappa shape index (κ2) is 5.99. The normalized spacial score (nSPS) is 15.7. The Morgan fingerprint density at radius 1 is 1.40 bits per heavy atom. The number of imidazole rings is 1. The molecule has 0 amide bonds. The van der Waals surface area contributed by atoms with E-state index in [0.717, 1.165) is 34.5 Å². The Bertz CT molecular complexity index is 591. The molecule has 0 radical (unpaired) electrons. The fraction of sp³-hybridized carbons (Fsp3) is 0.643. The van der Waals surface area contributed by atoms with Crippen molar-refractivity contribution in [3.63, 3.8) is 0 Å². The summed E-state index contributed by atoms with van der Waals surface area (Å²) in [5, 5.41) is 0.777. The minimum absolute atomic E-state index is 0.501. The van der Waals surface area contributed by atoms with Gasteiger partial charge in [0.05, 0.1) is 6.33 Å². The number of aromatic nitrogens is 4. The Kier molecular flexibility index (Phi) is 4.10. The molecule has 20 heavy (non-hydrogen) atoms. The van der Waals surface area contributed by atoms with E-state index in [1.165, 1.54) is 32.1 Å². The van der Waals surface area contributed by atoms with Crippen molar-refractivity contribution in [3.8, 4) is 0 Å². The Labute approximate surface area is 123 Å². The number of rotatable bonds is 6. The van der Waals surface area contributed by atoms with Crippen LogP contribution in [0.2, 0.25) is 0 Å². The van der Waals surface area contributed by atoms with Gasteiger partial charge in [0.1, 0.15) is 5.52 Å². The maximum Gasteiger partial charge on any atom is 0.191 e. The second-order valence-corrected chi connectivity index (χ2v) is 6.52. The van der Waals surface area contributed by atoms with Crippen LogP contribution in [0.3, 0.4) is 0 Å². The number of thioether (sulfide) groups is 1. The van der Waals surface area contributed by atoms with Crippen LogP contribution in [0.25, 0.3) is 11.2 Å². The third-order valence-electron chi connectivity index (χ3n) is 3.88. The molecule has 0 aliphatic heterocycles. The summed E-state index contributed by atoms with van der Waals surface area (Å²) in [6.07, 6.45) is 8.20. The first-order valence-corrected chi connectivity index (χ1v) is 8.37. The first kappa shape index (κ1) is 13.7. The molecule has 2 aromatic rings. The van der Waals surface area contributed by atoms with Gasteiger partial charge in [-0.25, -0.2) is 15.0 Å². The van der Waals surface area contributed by atoms with Gasteiger partial charge in [0.15, 0.2) is 16.6 Å². The molecule has 1 saturated carbocycles. The smallest absolute Gasteiger partial charge is 0.191 e. The summed E-state index contributed by atoms with van der Waals surface area (Å²) in [7, 11) is 0. The van der Waals surface area contributed by atoms with E-state index < -0.39 is 0 Å². The van der Waals surface area contributed by atoms with Crippen molar-refractivity contribution in [3.05, 3.63) is 6.33 Å². The van der Waals surface area contributed by atoms with E-state index in [-0.39, 0.29) is 0 Å². The number of nitrogens with zero attached hydrogens (tertiary/aromatic N) is 4. The predicted molar refractivity (Wildman–Crippen MR) is 82.7 cm³/mol. The van der Waals surface area contributed by atoms with Gasteiger partial charge in [-0.3, -0.25) is 0 Å². The van der Waals surface area contributed by atoms with Crippen molar-refractivity contribution in [1.29, 1.82) is 0 Å². The number of nitrogens with two attached hydrogens (primary N) is 1. The van der Waals surface area contributed by atoms with Crippen LogP contribution in [0.1, 0.15) is 39.0 Å². The fourth-order valence-corrected chi connectivity index (χ4v) is 3.33. The van der Waals surface area contributed by atoms with Crippen LogP contribution >= 0.6 is 11.8 Å². The van der Waals surface area contributed by atoms with Crippen molar-refractivity contribution in [2.75, 3.05) is 11.5 Å². The summed E-state index contributed by atoms with van der Waals surface area (Å²) in [5.74, 6) is 2.32. The number of nitrogen functional groups attached to an aromatic ring is 1. The van der Waals surface area contributed by atoms with Crippen LogP contribution in [0, 0.1) is 5.92 Å². The summed E-state index contributed by atoms with van der Waals surface area (Å²) in [4.78, 5) is 13.4. The average Bonchev–Trinajstić information content (AvgIpc) is 2.78. The number of fused-ring (bicyclic) bond motifs is 1. The Morgan fingerprint density at radius 3 is 2.95 bits per heavy atom. The maximum absolute atomic E-state index is 6.01. The van der Waals surface area contributed by atoms with Crippen LogP contribution in [-0.4, -0.2) is 25.3 Å². The van der Waals surface area contributed by atoms with Gasteiger partial charge in [0.25, 0.3) is 0 Å². The topological polar surface area (TPSA) is 69.6 Å². The van der Waals surface area contributed by atoms with Gasteiger partial charge in [-0.05, 0) is 25.2 Å². The first-order chi connectivity index (χ1) is 9.78. The van der Waals surface area contributed by atoms with Gasteiger partial charge < -0.3 is 10.3 Å². The lowest BCUT2D eigenvalue weighted by Gasteiger charge is -2.25. The molecular formula is C14H21N5S. The van der Waals surface area contributed by atoms with Crippen LogP contribution in [-0.2, 0) is 6.54 Å². The molecule has 2 N–H and O–H groups in total. The van der Waals surface area contributed by atoms with E-state index in [9.17, 15) is 0 Å². The highest BCUT2D eigenvalue weighted by Crippen LogP contribution is 2.29. The molecule has 0 unspecified atom stereocenters. The molecule has 0 aromatic carbocycles. The van der Waals surface area contributed by atoms with Gasteiger partial charge in [-0.15, -0.1) is 0 Å². The quantitative estimate of drug-likeness (QED) is 0.503. The number of unbranched alkanes of at least 4 members (excludes halogenated alkanes) is 1. The Morgan fingerprint density at radius 2 is 2.25 bits per heavy atom. The van der Waals surface area contributed by atoms with Crippen LogP contribution in [0.15, 0.2) is 11.5 Å². The number of hydrogen-bond acceptors (Lipinski definition) is 5. The number of anilines is 1. The van der Waals surface area contributed by atoms with Gasteiger partial charge in [-0.1, -0.05) is 31.5 Å². The summed E-state index contributed by atoms with van der Waals surface area (Å²) < 4.78 is 2.14. The van der Waals surface area contributed by atoms with Crippen molar-refractivity contribution in [2.24, 2.45) is 5.92 Å². The standard InChI is InChI=1S/C14H21N5S/c1-2-3-7-20-14-17-12(15)11-13(18-14)19(9-16-11)8-10-5-4-6-10/h9-10H,2-8H2,1H3,(H2,15,17,18). The lowest BCUT2D eigenvalue weighted by Crippen LogP contribution is -2.17. The number of hydrogen-bond donors (Lipinski definition) is 1. The molecule has 1 aliphatic rings. The van der Waals surface area contributed by atoms with E-state index in [1.807, 2.05) is 6.33 Å². The van der Waals surface area contributed by atoms with Gasteiger partial charge in [0, 0.05) is 12.3 Å². The summed E-state index contributed by atoms with van der Waals surface area (Å²) >= 11 is 1.68. The summed E-state index contributed by atoms with van der Waals surface area (Å²) in [5.41, 5.74) is 7.64. The molecule has 108 valence electrons. The maximum atomic E-state index is 6.01. The summed E-state index contributed by atoms with van der Waals surface area (Å²) in [6, 6.07) is 0. The predicted octanol–water partition coefficient (Wildman–Crippen LogP) is 3.10. The molecule has 3 rings (SSSR count). The monoisotopic (exact) mass is 291 g/mol. The fourth-order valence-electron chi connectivity index (χ4n) is 2.40. The highest BCUT2D eigenvalue weighted by molar-refractivity contribution is 7.99.